The molecule has 0 saturated carbocycles. The third-order valence-corrected chi connectivity index (χ3v) is 3.70. The van der Waals surface area contributed by atoms with Crippen LogP contribution in [0.2, 0.25) is 0 Å². The minimum absolute atomic E-state index is 0.159. The molecule has 9 heteroatoms. The smallest absolute Gasteiger partial charge is 0.328 e. The molecule has 0 heterocycles. The average Bonchev–Trinajstić information content (AvgIpc) is 2.67. The first kappa shape index (κ1) is 23.1. The highest BCUT2D eigenvalue weighted by molar-refractivity contribution is 5.93. The first-order chi connectivity index (χ1) is 13.4. The van der Waals surface area contributed by atoms with E-state index in [0.29, 0.717) is 13.0 Å². The molecule has 2 atom stereocenters. The van der Waals surface area contributed by atoms with Crippen LogP contribution in [0, 0.1) is 0 Å². The Balaban J connectivity index is 2.81. The van der Waals surface area contributed by atoms with Gasteiger partial charge in [-0.1, -0.05) is 37.3 Å². The largest absolute Gasteiger partial charge is 0.481 e. The monoisotopic (exact) mass is 394 g/mol. The number of hydrogen-bond donors (Lipinski definition) is 3. The summed E-state index contributed by atoms with van der Waals surface area (Å²) in [6.07, 6.45) is 0.240. The lowest BCUT2D eigenvalue weighted by Crippen LogP contribution is -2.53. The third-order valence-electron chi connectivity index (χ3n) is 3.70. The highest BCUT2D eigenvalue weighted by atomic mass is 16.5. The fourth-order valence-corrected chi connectivity index (χ4v) is 2.39. The number of carbonyl (C=O) groups excluding carboxylic acids is 3. The van der Waals surface area contributed by atoms with Gasteiger partial charge in [0.05, 0.1) is 13.5 Å². The zero-order chi connectivity index (χ0) is 20.9. The fourth-order valence-electron chi connectivity index (χ4n) is 2.39. The van der Waals surface area contributed by atoms with Crippen molar-refractivity contribution in [3.63, 3.8) is 0 Å². The number of carboxylic acid groups (broad SMARTS) is 1. The number of benzene rings is 1. The minimum Gasteiger partial charge on any atom is -0.481 e. The van der Waals surface area contributed by atoms with Crippen molar-refractivity contribution in [3.05, 3.63) is 35.9 Å². The van der Waals surface area contributed by atoms with Gasteiger partial charge < -0.3 is 25.2 Å². The Kier molecular flexibility index (Phi) is 10.3. The summed E-state index contributed by atoms with van der Waals surface area (Å²) in [7, 11) is 1.19. The van der Waals surface area contributed by atoms with E-state index in [1.54, 1.807) is 24.3 Å². The molecular formula is C19H26N2O7. The van der Waals surface area contributed by atoms with Crippen LogP contribution < -0.4 is 10.6 Å². The maximum absolute atomic E-state index is 12.5. The molecule has 0 aliphatic rings. The number of hydrogen-bond acceptors (Lipinski definition) is 6. The lowest BCUT2D eigenvalue weighted by Gasteiger charge is -2.21. The third kappa shape index (κ3) is 8.63. The predicted molar refractivity (Wildman–Crippen MR) is 99.4 cm³/mol. The number of amides is 2. The Hall–Kier alpha value is -2.94. The van der Waals surface area contributed by atoms with Gasteiger partial charge in [0.15, 0.2) is 0 Å². The first-order valence-corrected chi connectivity index (χ1v) is 8.88. The summed E-state index contributed by atoms with van der Waals surface area (Å²) in [5.41, 5.74) is 0.782. The van der Waals surface area contributed by atoms with Crippen LogP contribution in [0.25, 0.3) is 0 Å². The SMILES string of the molecule is CCCOCC(=O)N[C@@H](CC(=O)O)C(=O)N[C@@H](Cc1ccccc1)C(=O)OC. The maximum Gasteiger partial charge on any atom is 0.328 e. The van der Waals surface area contributed by atoms with Gasteiger partial charge in [0.25, 0.3) is 0 Å². The second-order valence-corrected chi connectivity index (χ2v) is 6.04. The van der Waals surface area contributed by atoms with Crippen molar-refractivity contribution in [1.82, 2.24) is 10.6 Å². The van der Waals surface area contributed by atoms with Crippen LogP contribution >= 0.6 is 0 Å². The highest BCUT2D eigenvalue weighted by Crippen LogP contribution is 2.06. The number of rotatable bonds is 12. The number of esters is 1. The van der Waals surface area contributed by atoms with Crippen LogP contribution in [0.1, 0.15) is 25.3 Å². The van der Waals surface area contributed by atoms with Crippen molar-refractivity contribution in [2.75, 3.05) is 20.3 Å². The molecule has 0 saturated heterocycles. The molecule has 0 aliphatic carbocycles. The summed E-state index contributed by atoms with van der Waals surface area (Å²) in [5.74, 6) is -3.36. The van der Waals surface area contributed by atoms with Gasteiger partial charge >= 0.3 is 11.9 Å². The molecule has 9 nitrogen and oxygen atoms in total. The van der Waals surface area contributed by atoms with E-state index in [4.69, 9.17) is 14.6 Å². The van der Waals surface area contributed by atoms with Crippen LogP contribution in [0.5, 0.6) is 0 Å². The predicted octanol–water partition coefficient (Wildman–Crippen LogP) is 0.273. The van der Waals surface area contributed by atoms with Crippen molar-refractivity contribution in [2.45, 2.75) is 38.3 Å². The van der Waals surface area contributed by atoms with Gasteiger partial charge in [0, 0.05) is 13.0 Å². The quantitative estimate of drug-likeness (QED) is 0.343. The molecular weight excluding hydrogens is 368 g/mol. The van der Waals surface area contributed by atoms with Crippen LogP contribution in [-0.4, -0.2) is 61.3 Å². The van der Waals surface area contributed by atoms with E-state index in [0.717, 1.165) is 5.56 Å². The van der Waals surface area contributed by atoms with Gasteiger partial charge in [-0.05, 0) is 12.0 Å². The minimum atomic E-state index is -1.35. The molecule has 0 unspecified atom stereocenters. The van der Waals surface area contributed by atoms with Gasteiger partial charge in [-0.25, -0.2) is 4.79 Å². The summed E-state index contributed by atoms with van der Waals surface area (Å²) in [5, 5.41) is 13.8. The Morgan fingerprint density at radius 3 is 2.32 bits per heavy atom. The molecule has 1 aromatic rings. The van der Waals surface area contributed by atoms with Crippen LogP contribution in [0.4, 0.5) is 0 Å². The molecule has 1 rings (SSSR count). The molecule has 0 spiro atoms. The van der Waals surface area contributed by atoms with E-state index in [1.807, 2.05) is 13.0 Å². The van der Waals surface area contributed by atoms with Crippen molar-refractivity contribution < 1.29 is 33.8 Å². The Morgan fingerprint density at radius 2 is 1.75 bits per heavy atom. The Labute approximate surface area is 163 Å². The molecule has 154 valence electrons. The van der Waals surface area contributed by atoms with Crippen molar-refractivity contribution >= 4 is 23.8 Å². The molecule has 0 radical (unpaired) electrons. The zero-order valence-electron chi connectivity index (χ0n) is 16.0. The molecule has 0 bridgehead atoms. The maximum atomic E-state index is 12.5. The van der Waals surface area contributed by atoms with E-state index in [1.165, 1.54) is 7.11 Å². The van der Waals surface area contributed by atoms with E-state index in [-0.39, 0.29) is 13.0 Å². The molecule has 0 fully saturated rings. The molecule has 1 aromatic carbocycles. The number of carbonyl (C=O) groups is 4. The topological polar surface area (TPSA) is 131 Å². The number of nitrogens with one attached hydrogen (secondary N) is 2. The lowest BCUT2D eigenvalue weighted by molar-refractivity contribution is -0.145. The summed E-state index contributed by atoms with van der Waals surface area (Å²) in [4.78, 5) is 47.5. The summed E-state index contributed by atoms with van der Waals surface area (Å²) in [6, 6.07) is 6.58. The Morgan fingerprint density at radius 1 is 1.07 bits per heavy atom. The van der Waals surface area contributed by atoms with Crippen molar-refractivity contribution in [3.8, 4) is 0 Å². The number of methoxy groups -OCH3 is 1. The van der Waals surface area contributed by atoms with E-state index >= 15 is 0 Å². The Bertz CT molecular complexity index is 664. The van der Waals surface area contributed by atoms with E-state index < -0.39 is 42.3 Å². The number of ether oxygens (including phenoxy) is 2. The normalized spacial score (nSPS) is 12.5. The van der Waals surface area contributed by atoms with Gasteiger partial charge in [-0.15, -0.1) is 0 Å². The first-order valence-electron chi connectivity index (χ1n) is 8.88. The summed E-state index contributed by atoms with van der Waals surface area (Å²) < 4.78 is 9.80. The number of aliphatic carboxylic acids is 1. The standard InChI is InChI=1S/C19H26N2O7/c1-3-9-28-12-16(22)20-14(11-17(23)24)18(25)21-15(19(26)27-2)10-13-7-5-4-6-8-13/h4-8,14-15H,3,9-12H2,1-2H3,(H,20,22)(H,21,25)(H,23,24)/t14-,15-/m0/s1. The van der Waals surface area contributed by atoms with Crippen LogP contribution in [0.3, 0.4) is 0 Å². The van der Waals surface area contributed by atoms with Crippen LogP contribution in [-0.2, 0) is 35.1 Å². The van der Waals surface area contributed by atoms with Gasteiger partial charge in [-0.2, -0.15) is 0 Å². The second kappa shape index (κ2) is 12.4. The van der Waals surface area contributed by atoms with Crippen molar-refractivity contribution in [2.24, 2.45) is 0 Å². The molecule has 0 aliphatic heterocycles. The molecule has 3 N–H and O–H groups in total. The van der Waals surface area contributed by atoms with E-state index in [9.17, 15) is 19.2 Å². The zero-order valence-corrected chi connectivity index (χ0v) is 16.0. The number of carboxylic acids is 1. The second-order valence-electron chi connectivity index (χ2n) is 6.04. The average molecular weight is 394 g/mol. The van der Waals surface area contributed by atoms with Gasteiger partial charge in [-0.3, -0.25) is 14.4 Å². The molecule has 0 aromatic heterocycles. The highest BCUT2D eigenvalue weighted by Gasteiger charge is 2.29. The van der Waals surface area contributed by atoms with Crippen LogP contribution in [0.15, 0.2) is 30.3 Å². The molecule has 28 heavy (non-hydrogen) atoms. The van der Waals surface area contributed by atoms with E-state index in [2.05, 4.69) is 10.6 Å². The summed E-state index contributed by atoms with van der Waals surface area (Å²) in [6.45, 7) is 1.95. The van der Waals surface area contributed by atoms with Crippen molar-refractivity contribution in [1.29, 1.82) is 0 Å². The van der Waals surface area contributed by atoms with Gasteiger partial charge in [0.2, 0.25) is 11.8 Å². The molecule has 2 amide bonds. The van der Waals surface area contributed by atoms with Gasteiger partial charge in [0.1, 0.15) is 18.7 Å². The summed E-state index contributed by atoms with van der Waals surface area (Å²) >= 11 is 0. The lowest BCUT2D eigenvalue weighted by atomic mass is 10.1. The fraction of sp³-hybridized carbons (Fsp3) is 0.474.